The van der Waals surface area contributed by atoms with E-state index in [4.69, 9.17) is 5.73 Å². The van der Waals surface area contributed by atoms with Gasteiger partial charge in [-0.2, -0.15) is 0 Å². The van der Waals surface area contributed by atoms with E-state index >= 15 is 0 Å². The van der Waals surface area contributed by atoms with Crippen molar-refractivity contribution in [3.63, 3.8) is 0 Å². The van der Waals surface area contributed by atoms with E-state index in [1.54, 1.807) is 0 Å². The van der Waals surface area contributed by atoms with Gasteiger partial charge in [-0.05, 0) is 31.6 Å². The molecule has 1 aliphatic carbocycles. The van der Waals surface area contributed by atoms with Crippen LogP contribution in [-0.2, 0) is 0 Å². The molecule has 0 aromatic rings. The van der Waals surface area contributed by atoms with Crippen molar-refractivity contribution in [2.24, 2.45) is 11.7 Å². The van der Waals surface area contributed by atoms with E-state index < -0.39 is 0 Å². The molecule has 0 aliphatic heterocycles. The summed E-state index contributed by atoms with van der Waals surface area (Å²) in [6.45, 7) is 7.59. The lowest BCUT2D eigenvalue weighted by atomic mass is 9.70. The molecule has 1 aliphatic rings. The van der Waals surface area contributed by atoms with Crippen LogP contribution in [0.2, 0.25) is 0 Å². The van der Waals surface area contributed by atoms with Gasteiger partial charge in [0.2, 0.25) is 0 Å². The van der Waals surface area contributed by atoms with Crippen molar-refractivity contribution in [3.8, 4) is 0 Å². The van der Waals surface area contributed by atoms with Crippen molar-refractivity contribution in [3.05, 3.63) is 25.3 Å². The van der Waals surface area contributed by atoms with Gasteiger partial charge < -0.3 is 5.73 Å². The standard InChI is InChI=1S/C12H21N/c1-3-7-11-8-5-6-10-12(11,13)9-4-2/h3-4,11H,1-2,5-10,13H2. The summed E-state index contributed by atoms with van der Waals surface area (Å²) in [5.41, 5.74) is 6.39. The summed E-state index contributed by atoms with van der Waals surface area (Å²) in [4.78, 5) is 0. The van der Waals surface area contributed by atoms with E-state index in [1.165, 1.54) is 19.3 Å². The van der Waals surface area contributed by atoms with Crippen LogP contribution in [0.1, 0.15) is 38.5 Å². The summed E-state index contributed by atoms with van der Waals surface area (Å²) >= 11 is 0. The van der Waals surface area contributed by atoms with Crippen molar-refractivity contribution < 1.29 is 0 Å². The summed E-state index contributed by atoms with van der Waals surface area (Å²) in [5, 5.41) is 0. The van der Waals surface area contributed by atoms with Crippen molar-refractivity contribution in [1.29, 1.82) is 0 Å². The van der Waals surface area contributed by atoms with E-state index in [0.717, 1.165) is 19.3 Å². The highest BCUT2D eigenvalue weighted by Gasteiger charge is 2.34. The van der Waals surface area contributed by atoms with Gasteiger partial charge in [0, 0.05) is 5.54 Å². The molecule has 0 aromatic carbocycles. The van der Waals surface area contributed by atoms with Crippen molar-refractivity contribution >= 4 is 0 Å². The molecule has 2 atom stereocenters. The average molecular weight is 179 g/mol. The van der Waals surface area contributed by atoms with Gasteiger partial charge in [-0.3, -0.25) is 0 Å². The minimum absolute atomic E-state index is 0.00812. The highest BCUT2D eigenvalue weighted by molar-refractivity contribution is 5.00. The number of rotatable bonds is 4. The fourth-order valence-electron chi connectivity index (χ4n) is 2.43. The molecule has 1 heteroatoms. The zero-order valence-electron chi connectivity index (χ0n) is 8.47. The first-order chi connectivity index (χ1) is 6.23. The van der Waals surface area contributed by atoms with Gasteiger partial charge in [0.05, 0.1) is 0 Å². The Labute approximate surface area is 81.7 Å². The molecule has 0 bridgehead atoms. The van der Waals surface area contributed by atoms with Crippen molar-refractivity contribution in [2.45, 2.75) is 44.1 Å². The second-order valence-corrected chi connectivity index (χ2v) is 4.19. The third-order valence-corrected chi connectivity index (χ3v) is 3.23. The van der Waals surface area contributed by atoms with E-state index in [9.17, 15) is 0 Å². The fraction of sp³-hybridized carbons (Fsp3) is 0.667. The van der Waals surface area contributed by atoms with Gasteiger partial charge in [0.1, 0.15) is 0 Å². The average Bonchev–Trinajstić information content (AvgIpc) is 2.10. The maximum absolute atomic E-state index is 6.38. The first-order valence-corrected chi connectivity index (χ1v) is 5.23. The Morgan fingerprint density at radius 1 is 1.31 bits per heavy atom. The molecule has 13 heavy (non-hydrogen) atoms. The second kappa shape index (κ2) is 4.61. The number of nitrogens with two attached hydrogens (primary N) is 1. The molecule has 0 spiro atoms. The summed E-state index contributed by atoms with van der Waals surface area (Å²) in [5.74, 6) is 0.622. The quantitative estimate of drug-likeness (QED) is 0.660. The van der Waals surface area contributed by atoms with E-state index in [-0.39, 0.29) is 5.54 Å². The molecule has 1 fully saturated rings. The van der Waals surface area contributed by atoms with Crippen LogP contribution in [0.25, 0.3) is 0 Å². The molecule has 0 amide bonds. The molecule has 1 rings (SSSR count). The van der Waals surface area contributed by atoms with Crippen molar-refractivity contribution in [2.75, 3.05) is 0 Å². The number of hydrogen-bond acceptors (Lipinski definition) is 1. The molecule has 0 radical (unpaired) electrons. The molecule has 74 valence electrons. The SMILES string of the molecule is C=CCC1CCCCC1(N)CC=C. The third kappa shape index (κ3) is 2.44. The molecular formula is C12H21N. The van der Waals surface area contributed by atoms with Gasteiger partial charge in [-0.15, -0.1) is 13.2 Å². The lowest BCUT2D eigenvalue weighted by molar-refractivity contribution is 0.192. The summed E-state index contributed by atoms with van der Waals surface area (Å²) in [6, 6.07) is 0. The van der Waals surface area contributed by atoms with Gasteiger partial charge in [-0.1, -0.05) is 25.0 Å². The van der Waals surface area contributed by atoms with Crippen LogP contribution < -0.4 is 5.73 Å². The monoisotopic (exact) mass is 179 g/mol. The fourth-order valence-corrected chi connectivity index (χ4v) is 2.43. The molecule has 0 aromatic heterocycles. The van der Waals surface area contributed by atoms with Gasteiger partial charge in [0.25, 0.3) is 0 Å². The molecule has 2 unspecified atom stereocenters. The number of hydrogen-bond donors (Lipinski definition) is 1. The third-order valence-electron chi connectivity index (χ3n) is 3.23. The zero-order valence-corrected chi connectivity index (χ0v) is 8.47. The molecule has 0 heterocycles. The lowest BCUT2D eigenvalue weighted by Gasteiger charge is -2.40. The van der Waals surface area contributed by atoms with Crippen LogP contribution >= 0.6 is 0 Å². The van der Waals surface area contributed by atoms with Crippen LogP contribution in [0.3, 0.4) is 0 Å². The zero-order chi connectivity index (χ0) is 9.73. The predicted molar refractivity (Wildman–Crippen MR) is 58.5 cm³/mol. The maximum atomic E-state index is 6.38. The van der Waals surface area contributed by atoms with E-state index in [1.807, 2.05) is 12.2 Å². The Hall–Kier alpha value is -0.560. The second-order valence-electron chi connectivity index (χ2n) is 4.19. The molecule has 1 saturated carbocycles. The van der Waals surface area contributed by atoms with Gasteiger partial charge in [0.15, 0.2) is 0 Å². The Balaban J connectivity index is 2.63. The Bertz CT molecular complexity index is 186. The molecule has 0 saturated heterocycles. The highest BCUT2D eigenvalue weighted by Crippen LogP contribution is 2.36. The molecular weight excluding hydrogens is 158 g/mol. The summed E-state index contributed by atoms with van der Waals surface area (Å²) in [7, 11) is 0. The Morgan fingerprint density at radius 2 is 2.08 bits per heavy atom. The summed E-state index contributed by atoms with van der Waals surface area (Å²) < 4.78 is 0. The van der Waals surface area contributed by atoms with Crippen LogP contribution in [0.5, 0.6) is 0 Å². The smallest absolute Gasteiger partial charge is 0.0220 e. The first-order valence-electron chi connectivity index (χ1n) is 5.23. The summed E-state index contributed by atoms with van der Waals surface area (Å²) in [6.07, 6.45) is 11.0. The van der Waals surface area contributed by atoms with Gasteiger partial charge in [-0.25, -0.2) is 0 Å². The molecule has 1 nitrogen and oxygen atoms in total. The Kier molecular flexibility index (Phi) is 3.73. The normalized spacial score (nSPS) is 34.1. The first kappa shape index (κ1) is 10.5. The number of allylic oxidation sites excluding steroid dienone is 1. The van der Waals surface area contributed by atoms with Gasteiger partial charge >= 0.3 is 0 Å². The van der Waals surface area contributed by atoms with E-state index in [0.29, 0.717) is 5.92 Å². The van der Waals surface area contributed by atoms with Crippen LogP contribution in [0.4, 0.5) is 0 Å². The highest BCUT2D eigenvalue weighted by atomic mass is 14.8. The largest absolute Gasteiger partial charge is 0.325 e. The molecule has 2 N–H and O–H groups in total. The lowest BCUT2D eigenvalue weighted by Crippen LogP contribution is -2.48. The predicted octanol–water partition coefficient (Wildman–Crippen LogP) is 3.03. The van der Waals surface area contributed by atoms with Crippen molar-refractivity contribution in [1.82, 2.24) is 0 Å². The van der Waals surface area contributed by atoms with E-state index in [2.05, 4.69) is 13.2 Å². The van der Waals surface area contributed by atoms with Crippen LogP contribution in [-0.4, -0.2) is 5.54 Å². The minimum Gasteiger partial charge on any atom is -0.325 e. The van der Waals surface area contributed by atoms with Crippen LogP contribution in [0, 0.1) is 5.92 Å². The maximum Gasteiger partial charge on any atom is 0.0220 e. The minimum atomic E-state index is 0.00812. The topological polar surface area (TPSA) is 26.0 Å². The van der Waals surface area contributed by atoms with Crippen LogP contribution in [0.15, 0.2) is 25.3 Å². The Morgan fingerprint density at radius 3 is 2.69 bits per heavy atom.